The maximum absolute atomic E-state index is 14.2. The van der Waals surface area contributed by atoms with Crippen LogP contribution in [0, 0.1) is 11.7 Å². The Hall–Kier alpha value is -4.57. The molecule has 0 spiro atoms. The zero-order chi connectivity index (χ0) is 27.3. The molecular weight excluding hydrogens is 517 g/mol. The number of Topliss-reactive ketones (excluding diaryl/α,β-unsaturated/α-hetero) is 2. The summed E-state index contributed by atoms with van der Waals surface area (Å²) in [6.45, 7) is 1.33. The molecule has 0 aromatic heterocycles. The summed E-state index contributed by atoms with van der Waals surface area (Å²) in [5.74, 6) is -3.36. The van der Waals surface area contributed by atoms with Crippen LogP contribution in [0.4, 0.5) is 15.8 Å². The lowest BCUT2D eigenvalue weighted by molar-refractivity contribution is 0.0691. The summed E-state index contributed by atoms with van der Waals surface area (Å²) in [4.78, 5) is 62.7. The van der Waals surface area contributed by atoms with Crippen LogP contribution < -0.4 is 15.4 Å². The molecule has 1 aliphatic heterocycles. The van der Waals surface area contributed by atoms with E-state index in [-0.39, 0.29) is 62.5 Å². The van der Waals surface area contributed by atoms with Crippen LogP contribution in [0.1, 0.15) is 58.7 Å². The Balaban J connectivity index is 1.33. The van der Waals surface area contributed by atoms with Gasteiger partial charge in [-0.3, -0.25) is 28.9 Å². The SMILES string of the molecule is CC1C(=O)c2ccc(C(=O)Nc3cc(F)cc(Cl)c3NCOc3ccc4c(c3)C(=O)N(C)C4=O)cc2C1=O. The third-order valence-corrected chi connectivity index (χ3v) is 6.75. The third-order valence-electron chi connectivity index (χ3n) is 6.45. The van der Waals surface area contributed by atoms with Crippen LogP contribution in [0.3, 0.4) is 0 Å². The van der Waals surface area contributed by atoms with Crippen LogP contribution in [-0.4, -0.2) is 48.0 Å². The first kappa shape index (κ1) is 25.1. The molecule has 1 atom stereocenters. The van der Waals surface area contributed by atoms with Gasteiger partial charge in [-0.05, 0) is 55.5 Å². The van der Waals surface area contributed by atoms with E-state index < -0.39 is 29.5 Å². The van der Waals surface area contributed by atoms with Gasteiger partial charge in [-0.1, -0.05) is 11.6 Å². The van der Waals surface area contributed by atoms with Gasteiger partial charge in [-0.2, -0.15) is 0 Å². The maximum Gasteiger partial charge on any atom is 0.261 e. The second-order valence-corrected chi connectivity index (χ2v) is 9.22. The van der Waals surface area contributed by atoms with Crippen molar-refractivity contribution in [1.82, 2.24) is 4.90 Å². The normalized spacial score (nSPS) is 16.0. The molecule has 11 heteroatoms. The minimum absolute atomic E-state index is 0.0104. The quantitative estimate of drug-likeness (QED) is 0.272. The fraction of sp³-hybridized carbons (Fsp3) is 0.148. The van der Waals surface area contributed by atoms with Crippen LogP contribution >= 0.6 is 11.6 Å². The average Bonchev–Trinajstić information content (AvgIpc) is 3.24. The van der Waals surface area contributed by atoms with Crippen LogP contribution in [0.2, 0.25) is 5.02 Å². The number of imide groups is 1. The summed E-state index contributed by atoms with van der Waals surface area (Å²) in [5, 5.41) is 5.41. The molecule has 2 aliphatic rings. The largest absolute Gasteiger partial charge is 0.473 e. The summed E-state index contributed by atoms with van der Waals surface area (Å²) < 4.78 is 19.8. The van der Waals surface area contributed by atoms with Crippen LogP contribution in [0.25, 0.3) is 0 Å². The molecule has 1 unspecified atom stereocenters. The van der Waals surface area contributed by atoms with Crippen LogP contribution in [0.5, 0.6) is 5.75 Å². The number of nitrogens with zero attached hydrogens (tertiary/aromatic N) is 1. The van der Waals surface area contributed by atoms with E-state index in [2.05, 4.69) is 10.6 Å². The molecule has 5 rings (SSSR count). The van der Waals surface area contributed by atoms with Crippen molar-refractivity contribution in [3.8, 4) is 5.75 Å². The first-order valence-corrected chi connectivity index (χ1v) is 11.8. The monoisotopic (exact) mass is 535 g/mol. The number of rotatable bonds is 6. The second-order valence-electron chi connectivity index (χ2n) is 8.82. The van der Waals surface area contributed by atoms with Gasteiger partial charge in [-0.15, -0.1) is 0 Å². The van der Waals surface area contributed by atoms with E-state index in [1.165, 1.54) is 50.4 Å². The third kappa shape index (κ3) is 4.18. The van der Waals surface area contributed by atoms with E-state index in [0.29, 0.717) is 5.75 Å². The van der Waals surface area contributed by atoms with E-state index in [4.69, 9.17) is 16.3 Å². The molecule has 9 nitrogen and oxygen atoms in total. The lowest BCUT2D eigenvalue weighted by Gasteiger charge is -2.16. The molecule has 3 aromatic rings. The fourth-order valence-corrected chi connectivity index (χ4v) is 4.63. The number of nitrogens with one attached hydrogen (secondary N) is 2. The molecule has 0 bridgehead atoms. The minimum Gasteiger partial charge on any atom is -0.473 e. The van der Waals surface area contributed by atoms with E-state index in [1.807, 2.05) is 0 Å². The van der Waals surface area contributed by atoms with E-state index in [0.717, 1.165) is 17.0 Å². The van der Waals surface area contributed by atoms with Gasteiger partial charge in [0.15, 0.2) is 18.3 Å². The van der Waals surface area contributed by atoms with Crippen molar-refractivity contribution < 1.29 is 33.1 Å². The Kier molecular flexibility index (Phi) is 6.20. The standard InChI is InChI=1S/C27H19ClFN3O6/c1-12-23(33)16-5-3-13(7-18(16)24(12)34)25(35)31-21-9-14(29)8-20(28)22(21)30-11-38-15-4-6-17-19(10-15)27(37)32(2)26(17)36/h3-10,12,30H,11H2,1-2H3,(H,31,35). The number of hydrogen-bond acceptors (Lipinski definition) is 7. The highest BCUT2D eigenvalue weighted by molar-refractivity contribution is 6.34. The number of amides is 3. The van der Waals surface area contributed by atoms with Gasteiger partial charge >= 0.3 is 0 Å². The van der Waals surface area contributed by atoms with E-state index in [1.54, 1.807) is 0 Å². The summed E-state index contributed by atoms with van der Waals surface area (Å²) in [6.07, 6.45) is 0. The number of ketones is 2. The summed E-state index contributed by atoms with van der Waals surface area (Å²) >= 11 is 6.22. The molecule has 0 fully saturated rings. The maximum atomic E-state index is 14.2. The van der Waals surface area contributed by atoms with Gasteiger partial charge < -0.3 is 15.4 Å². The number of carbonyl (C=O) groups excluding carboxylic acids is 5. The minimum atomic E-state index is -0.800. The zero-order valence-electron chi connectivity index (χ0n) is 20.1. The van der Waals surface area contributed by atoms with E-state index in [9.17, 15) is 28.4 Å². The van der Waals surface area contributed by atoms with Crippen molar-refractivity contribution in [2.75, 3.05) is 24.4 Å². The van der Waals surface area contributed by atoms with Gasteiger partial charge in [0, 0.05) is 23.7 Å². The topological polar surface area (TPSA) is 122 Å². The Morgan fingerprint density at radius 2 is 1.63 bits per heavy atom. The predicted molar refractivity (Wildman–Crippen MR) is 136 cm³/mol. The molecule has 38 heavy (non-hydrogen) atoms. The Labute approximate surface area is 220 Å². The molecule has 3 amide bonds. The number of hydrogen-bond donors (Lipinski definition) is 2. The molecule has 1 aliphatic carbocycles. The molecule has 192 valence electrons. The lowest BCUT2D eigenvalue weighted by Crippen LogP contribution is -2.24. The van der Waals surface area contributed by atoms with Gasteiger partial charge in [-0.25, -0.2) is 4.39 Å². The number of anilines is 2. The Morgan fingerprint density at radius 3 is 2.39 bits per heavy atom. The zero-order valence-corrected chi connectivity index (χ0v) is 20.8. The smallest absolute Gasteiger partial charge is 0.261 e. The highest BCUT2D eigenvalue weighted by Gasteiger charge is 2.35. The molecule has 1 heterocycles. The first-order valence-electron chi connectivity index (χ1n) is 11.4. The number of benzene rings is 3. The molecule has 2 N–H and O–H groups in total. The Morgan fingerprint density at radius 1 is 0.947 bits per heavy atom. The molecule has 3 aromatic carbocycles. The second kappa shape index (κ2) is 9.38. The van der Waals surface area contributed by atoms with Crippen LogP contribution in [-0.2, 0) is 0 Å². The predicted octanol–water partition coefficient (Wildman–Crippen LogP) is 4.42. The van der Waals surface area contributed by atoms with E-state index >= 15 is 0 Å². The van der Waals surface area contributed by atoms with Gasteiger partial charge in [0.2, 0.25) is 0 Å². The Bertz CT molecular complexity index is 1590. The molecule has 0 saturated carbocycles. The van der Waals surface area contributed by atoms with Gasteiger partial charge in [0.25, 0.3) is 17.7 Å². The summed E-state index contributed by atoms with van der Waals surface area (Å²) in [7, 11) is 1.39. The summed E-state index contributed by atoms with van der Waals surface area (Å²) in [6, 6.07) is 10.7. The first-order chi connectivity index (χ1) is 18.1. The van der Waals surface area contributed by atoms with Crippen LogP contribution in [0.15, 0.2) is 48.5 Å². The number of ether oxygens (including phenoxy) is 1. The van der Waals surface area contributed by atoms with Crippen molar-refractivity contribution >= 4 is 52.3 Å². The molecule has 0 saturated heterocycles. The van der Waals surface area contributed by atoms with Gasteiger partial charge in [0.1, 0.15) is 11.6 Å². The summed E-state index contributed by atoms with van der Waals surface area (Å²) in [5.41, 5.74) is 1.19. The van der Waals surface area contributed by atoms with Crippen molar-refractivity contribution in [3.05, 3.63) is 87.2 Å². The van der Waals surface area contributed by atoms with Crippen molar-refractivity contribution in [2.45, 2.75) is 6.92 Å². The average molecular weight is 536 g/mol. The molecule has 0 radical (unpaired) electrons. The van der Waals surface area contributed by atoms with Crippen molar-refractivity contribution in [2.24, 2.45) is 5.92 Å². The number of carbonyl (C=O) groups is 5. The highest BCUT2D eigenvalue weighted by atomic mass is 35.5. The fourth-order valence-electron chi connectivity index (χ4n) is 4.36. The van der Waals surface area contributed by atoms with Gasteiger partial charge in [0.05, 0.1) is 33.4 Å². The number of fused-ring (bicyclic) bond motifs is 2. The van der Waals surface area contributed by atoms with Crippen molar-refractivity contribution in [3.63, 3.8) is 0 Å². The highest BCUT2D eigenvalue weighted by Crippen LogP contribution is 2.33. The molecular formula is C27H19ClFN3O6. The van der Waals surface area contributed by atoms with Crippen molar-refractivity contribution in [1.29, 1.82) is 0 Å². The number of halogens is 2. The lowest BCUT2D eigenvalue weighted by atomic mass is 10.0.